The summed E-state index contributed by atoms with van der Waals surface area (Å²) in [5, 5.41) is 7.29. The van der Waals surface area contributed by atoms with Gasteiger partial charge in [0.1, 0.15) is 0 Å². The highest BCUT2D eigenvalue weighted by Gasteiger charge is 2.31. The highest BCUT2D eigenvalue weighted by molar-refractivity contribution is 5.86. The molecule has 2 N–H and O–H groups in total. The Labute approximate surface area is 139 Å². The minimum absolute atomic E-state index is 0.0535. The number of anilines is 3. The second-order valence-electron chi connectivity index (χ2n) is 6.76. The molecule has 2 nitrogen and oxygen atoms in total. The first-order chi connectivity index (χ1) is 10.9. The molecule has 1 heterocycles. The van der Waals surface area contributed by atoms with E-state index in [1.54, 1.807) is 0 Å². The molecular formula is C21H26N2. The Balaban J connectivity index is 2.05. The summed E-state index contributed by atoms with van der Waals surface area (Å²) in [6.45, 7) is 11.2. The SMILES string of the molecule is CCC1(C)Nc2cc(C)c(Nc3ccccc3)cc2C(C)=C1C. The smallest absolute Gasteiger partial charge is 0.0557 e. The van der Waals surface area contributed by atoms with Crippen molar-refractivity contribution < 1.29 is 0 Å². The molecule has 0 saturated heterocycles. The third-order valence-corrected chi connectivity index (χ3v) is 5.33. The third-order valence-electron chi connectivity index (χ3n) is 5.33. The fourth-order valence-electron chi connectivity index (χ4n) is 3.29. The summed E-state index contributed by atoms with van der Waals surface area (Å²) in [5.41, 5.74) is 8.97. The van der Waals surface area contributed by atoms with E-state index in [4.69, 9.17) is 0 Å². The van der Waals surface area contributed by atoms with Crippen LogP contribution in [0.1, 0.15) is 45.2 Å². The molecule has 0 saturated carbocycles. The molecule has 1 aliphatic heterocycles. The van der Waals surface area contributed by atoms with Crippen molar-refractivity contribution in [3.63, 3.8) is 0 Å². The monoisotopic (exact) mass is 306 g/mol. The molecule has 1 aliphatic rings. The van der Waals surface area contributed by atoms with E-state index in [2.05, 4.69) is 81.7 Å². The van der Waals surface area contributed by atoms with Crippen LogP contribution in [0.4, 0.5) is 17.1 Å². The van der Waals surface area contributed by atoms with Gasteiger partial charge in [0.25, 0.3) is 0 Å². The van der Waals surface area contributed by atoms with Crippen molar-refractivity contribution in [3.05, 3.63) is 59.2 Å². The summed E-state index contributed by atoms with van der Waals surface area (Å²) >= 11 is 0. The van der Waals surface area contributed by atoms with Crippen LogP contribution in [0.3, 0.4) is 0 Å². The maximum Gasteiger partial charge on any atom is 0.0557 e. The number of nitrogens with one attached hydrogen (secondary N) is 2. The van der Waals surface area contributed by atoms with Gasteiger partial charge in [0, 0.05) is 22.6 Å². The van der Waals surface area contributed by atoms with Gasteiger partial charge in [-0.05, 0) is 75.1 Å². The standard InChI is InChI=1S/C21H26N2/c1-6-21(5)16(4)15(3)18-13-19(14(2)12-20(18)23-21)22-17-10-8-7-9-11-17/h7-13,22-23H,6H2,1-5H3. The van der Waals surface area contributed by atoms with Gasteiger partial charge in [0.2, 0.25) is 0 Å². The van der Waals surface area contributed by atoms with Crippen LogP contribution in [0.15, 0.2) is 48.0 Å². The highest BCUT2D eigenvalue weighted by atomic mass is 15.0. The zero-order valence-corrected chi connectivity index (χ0v) is 14.7. The van der Waals surface area contributed by atoms with Crippen molar-refractivity contribution in [2.24, 2.45) is 0 Å². The number of allylic oxidation sites excluding steroid dienone is 1. The number of hydrogen-bond donors (Lipinski definition) is 2. The van der Waals surface area contributed by atoms with Gasteiger partial charge in [0.15, 0.2) is 0 Å². The van der Waals surface area contributed by atoms with Gasteiger partial charge >= 0.3 is 0 Å². The summed E-state index contributed by atoms with van der Waals surface area (Å²) in [5.74, 6) is 0. The van der Waals surface area contributed by atoms with E-state index < -0.39 is 0 Å². The van der Waals surface area contributed by atoms with Crippen LogP contribution in [0.25, 0.3) is 5.57 Å². The van der Waals surface area contributed by atoms with Crippen LogP contribution < -0.4 is 10.6 Å². The topological polar surface area (TPSA) is 24.1 Å². The molecule has 23 heavy (non-hydrogen) atoms. The second-order valence-corrected chi connectivity index (χ2v) is 6.76. The number of aryl methyl sites for hydroxylation is 1. The van der Waals surface area contributed by atoms with Gasteiger partial charge in [-0.2, -0.15) is 0 Å². The van der Waals surface area contributed by atoms with Crippen molar-refractivity contribution in [1.29, 1.82) is 0 Å². The molecule has 0 spiro atoms. The minimum atomic E-state index is 0.0535. The number of benzene rings is 2. The fourth-order valence-corrected chi connectivity index (χ4v) is 3.29. The molecule has 1 atom stereocenters. The molecule has 120 valence electrons. The predicted octanol–water partition coefficient (Wildman–Crippen LogP) is 6.13. The first-order valence-corrected chi connectivity index (χ1v) is 8.38. The lowest BCUT2D eigenvalue weighted by molar-refractivity contribution is 0.572. The normalized spacial score (nSPS) is 20.0. The Hall–Kier alpha value is -2.22. The molecule has 0 radical (unpaired) electrons. The Morgan fingerprint density at radius 3 is 2.39 bits per heavy atom. The summed E-state index contributed by atoms with van der Waals surface area (Å²) < 4.78 is 0. The molecule has 0 aromatic heterocycles. The molecule has 2 aromatic rings. The number of para-hydroxylation sites is 1. The average molecular weight is 306 g/mol. The van der Waals surface area contributed by atoms with Crippen molar-refractivity contribution in [2.45, 2.75) is 46.6 Å². The van der Waals surface area contributed by atoms with Crippen LogP contribution in [0.2, 0.25) is 0 Å². The molecule has 2 aromatic carbocycles. The van der Waals surface area contributed by atoms with Gasteiger partial charge in [0.05, 0.1) is 5.54 Å². The van der Waals surface area contributed by atoms with Gasteiger partial charge in [-0.1, -0.05) is 25.1 Å². The van der Waals surface area contributed by atoms with Crippen LogP contribution in [0.5, 0.6) is 0 Å². The van der Waals surface area contributed by atoms with Crippen molar-refractivity contribution >= 4 is 22.6 Å². The lowest BCUT2D eigenvalue weighted by Gasteiger charge is -2.39. The zero-order chi connectivity index (χ0) is 16.6. The molecule has 0 aliphatic carbocycles. The van der Waals surface area contributed by atoms with Gasteiger partial charge in [-0.3, -0.25) is 0 Å². The average Bonchev–Trinajstić information content (AvgIpc) is 2.55. The van der Waals surface area contributed by atoms with Gasteiger partial charge in [-0.25, -0.2) is 0 Å². The molecule has 0 bridgehead atoms. The fraction of sp³-hybridized carbons (Fsp3) is 0.333. The maximum absolute atomic E-state index is 3.75. The van der Waals surface area contributed by atoms with Crippen LogP contribution in [0, 0.1) is 6.92 Å². The number of hydrogen-bond acceptors (Lipinski definition) is 2. The number of fused-ring (bicyclic) bond motifs is 1. The summed E-state index contributed by atoms with van der Waals surface area (Å²) in [7, 11) is 0. The van der Waals surface area contributed by atoms with Crippen LogP contribution in [-0.4, -0.2) is 5.54 Å². The molecule has 2 heteroatoms. The van der Waals surface area contributed by atoms with Gasteiger partial charge in [-0.15, -0.1) is 0 Å². The Morgan fingerprint density at radius 2 is 1.74 bits per heavy atom. The Kier molecular flexibility index (Phi) is 3.93. The summed E-state index contributed by atoms with van der Waals surface area (Å²) in [6, 6.07) is 14.9. The van der Waals surface area contributed by atoms with E-state index in [0.717, 1.165) is 12.1 Å². The molecule has 1 unspecified atom stereocenters. The Morgan fingerprint density at radius 1 is 1.04 bits per heavy atom. The second kappa shape index (κ2) is 5.77. The van der Waals surface area contributed by atoms with E-state index in [-0.39, 0.29) is 5.54 Å². The first kappa shape index (κ1) is 15.7. The van der Waals surface area contributed by atoms with Crippen LogP contribution in [-0.2, 0) is 0 Å². The van der Waals surface area contributed by atoms with Gasteiger partial charge < -0.3 is 10.6 Å². The van der Waals surface area contributed by atoms with E-state index in [1.165, 1.54) is 33.6 Å². The molecule has 3 rings (SSSR count). The lowest BCUT2D eigenvalue weighted by atomic mass is 9.80. The van der Waals surface area contributed by atoms with Crippen molar-refractivity contribution in [1.82, 2.24) is 0 Å². The summed E-state index contributed by atoms with van der Waals surface area (Å²) in [4.78, 5) is 0. The van der Waals surface area contributed by atoms with E-state index in [0.29, 0.717) is 0 Å². The molecule has 0 fully saturated rings. The van der Waals surface area contributed by atoms with E-state index in [9.17, 15) is 0 Å². The highest BCUT2D eigenvalue weighted by Crippen LogP contribution is 2.42. The zero-order valence-electron chi connectivity index (χ0n) is 14.7. The quantitative estimate of drug-likeness (QED) is 0.713. The lowest BCUT2D eigenvalue weighted by Crippen LogP contribution is -2.38. The van der Waals surface area contributed by atoms with Crippen molar-refractivity contribution in [2.75, 3.05) is 10.6 Å². The predicted molar refractivity (Wildman–Crippen MR) is 101 cm³/mol. The summed E-state index contributed by atoms with van der Waals surface area (Å²) in [6.07, 6.45) is 1.08. The minimum Gasteiger partial charge on any atom is -0.376 e. The van der Waals surface area contributed by atoms with Crippen molar-refractivity contribution in [3.8, 4) is 0 Å². The molecular weight excluding hydrogens is 280 g/mol. The molecule has 0 amide bonds. The number of rotatable bonds is 3. The first-order valence-electron chi connectivity index (χ1n) is 8.38. The van der Waals surface area contributed by atoms with Crippen LogP contribution >= 0.6 is 0 Å². The Bertz CT molecular complexity index is 759. The largest absolute Gasteiger partial charge is 0.376 e. The third kappa shape index (κ3) is 2.74. The van der Waals surface area contributed by atoms with E-state index >= 15 is 0 Å². The van der Waals surface area contributed by atoms with E-state index in [1.807, 2.05) is 6.07 Å². The maximum atomic E-state index is 3.75.